The van der Waals surface area contributed by atoms with Crippen LogP contribution in [0.15, 0.2) is 0 Å². The summed E-state index contributed by atoms with van der Waals surface area (Å²) in [6, 6.07) is 0. The molecule has 0 heterocycles. The summed E-state index contributed by atoms with van der Waals surface area (Å²) in [7, 11) is 3.37. The summed E-state index contributed by atoms with van der Waals surface area (Å²) < 4.78 is 10.1. The van der Waals surface area contributed by atoms with Crippen molar-refractivity contribution in [3.63, 3.8) is 0 Å². The van der Waals surface area contributed by atoms with E-state index in [1.54, 1.807) is 14.2 Å². The third-order valence-corrected chi connectivity index (χ3v) is 2.10. The zero-order valence-corrected chi connectivity index (χ0v) is 9.62. The zero-order chi connectivity index (χ0) is 10.8. The first-order valence-corrected chi connectivity index (χ1v) is 5.00. The number of hydrogen-bond donors (Lipinski definition) is 0. The molecule has 0 aliphatic heterocycles. The molecule has 0 aliphatic rings. The van der Waals surface area contributed by atoms with Gasteiger partial charge in [-0.1, -0.05) is 0 Å². The lowest BCUT2D eigenvalue weighted by Crippen LogP contribution is -2.12. The lowest BCUT2D eigenvalue weighted by molar-refractivity contribution is -0.299. The Kier molecular flexibility index (Phi) is 9.29. The summed E-state index contributed by atoms with van der Waals surface area (Å²) in [5.74, 6) is 0. The first kappa shape index (κ1) is 13.8. The van der Waals surface area contributed by atoms with Crippen LogP contribution < -0.4 is 0 Å². The minimum Gasteiger partial charge on any atom is -0.382 e. The molecule has 0 fully saturated rings. The van der Waals surface area contributed by atoms with Crippen LogP contribution in [-0.2, 0) is 19.2 Å². The molecule has 4 nitrogen and oxygen atoms in total. The molecule has 0 bridgehead atoms. The summed E-state index contributed by atoms with van der Waals surface area (Å²) in [5.41, 5.74) is 0. The maximum absolute atomic E-state index is 5.06. The van der Waals surface area contributed by atoms with Gasteiger partial charge in [-0.25, -0.2) is 9.78 Å². The molecule has 2 unspecified atom stereocenters. The first-order chi connectivity index (χ1) is 6.70. The molecule has 0 saturated carbocycles. The molecular weight excluding hydrogens is 184 g/mol. The molecule has 0 N–H and O–H groups in total. The Hall–Kier alpha value is -0.160. The SMILES string of the molecule is COC(C)CCOOCCC(C)OC. The highest BCUT2D eigenvalue weighted by Crippen LogP contribution is 1.98. The second-order valence-corrected chi connectivity index (χ2v) is 3.31. The summed E-state index contributed by atoms with van der Waals surface area (Å²) >= 11 is 0. The Morgan fingerprint density at radius 3 is 1.43 bits per heavy atom. The second-order valence-electron chi connectivity index (χ2n) is 3.31. The normalized spacial score (nSPS) is 15.4. The van der Waals surface area contributed by atoms with E-state index in [1.807, 2.05) is 13.8 Å². The predicted molar refractivity (Wildman–Crippen MR) is 54.1 cm³/mol. The van der Waals surface area contributed by atoms with Gasteiger partial charge in [0.05, 0.1) is 25.4 Å². The van der Waals surface area contributed by atoms with E-state index in [0.717, 1.165) is 12.8 Å². The molecule has 4 heteroatoms. The van der Waals surface area contributed by atoms with Gasteiger partial charge in [0.25, 0.3) is 0 Å². The number of rotatable bonds is 9. The van der Waals surface area contributed by atoms with Crippen LogP contribution in [0.2, 0.25) is 0 Å². The van der Waals surface area contributed by atoms with Crippen molar-refractivity contribution in [2.75, 3.05) is 27.4 Å². The van der Waals surface area contributed by atoms with E-state index in [0.29, 0.717) is 13.2 Å². The largest absolute Gasteiger partial charge is 0.382 e. The van der Waals surface area contributed by atoms with Crippen LogP contribution in [0, 0.1) is 0 Å². The summed E-state index contributed by atoms with van der Waals surface area (Å²) in [4.78, 5) is 9.93. The third kappa shape index (κ3) is 8.44. The number of hydrogen-bond acceptors (Lipinski definition) is 4. The fourth-order valence-corrected chi connectivity index (χ4v) is 0.782. The van der Waals surface area contributed by atoms with Crippen molar-refractivity contribution in [1.29, 1.82) is 0 Å². The van der Waals surface area contributed by atoms with E-state index in [-0.39, 0.29) is 12.2 Å². The van der Waals surface area contributed by atoms with Crippen molar-refractivity contribution < 1.29 is 19.2 Å². The molecule has 2 atom stereocenters. The summed E-state index contributed by atoms with van der Waals surface area (Å²) in [5, 5.41) is 0. The van der Waals surface area contributed by atoms with E-state index >= 15 is 0 Å². The van der Waals surface area contributed by atoms with Crippen LogP contribution in [0.5, 0.6) is 0 Å². The molecule has 0 saturated heterocycles. The van der Waals surface area contributed by atoms with Crippen molar-refractivity contribution in [2.45, 2.75) is 38.9 Å². The van der Waals surface area contributed by atoms with E-state index < -0.39 is 0 Å². The highest BCUT2D eigenvalue weighted by molar-refractivity contribution is 4.46. The molecule has 0 amide bonds. The van der Waals surface area contributed by atoms with Crippen LogP contribution in [0.4, 0.5) is 0 Å². The third-order valence-electron chi connectivity index (χ3n) is 2.10. The number of methoxy groups -OCH3 is 2. The molecule has 86 valence electrons. The van der Waals surface area contributed by atoms with Gasteiger partial charge in [0, 0.05) is 14.2 Å². The lowest BCUT2D eigenvalue weighted by atomic mass is 10.3. The lowest BCUT2D eigenvalue weighted by Gasteiger charge is -2.10. The molecule has 0 aromatic rings. The minimum atomic E-state index is 0.219. The van der Waals surface area contributed by atoms with Crippen LogP contribution in [0.25, 0.3) is 0 Å². The van der Waals surface area contributed by atoms with Gasteiger partial charge in [0.1, 0.15) is 0 Å². The van der Waals surface area contributed by atoms with Gasteiger partial charge in [0.2, 0.25) is 0 Å². The number of ether oxygens (including phenoxy) is 2. The average Bonchev–Trinajstić information content (AvgIpc) is 2.22. The summed E-state index contributed by atoms with van der Waals surface area (Å²) in [6.07, 6.45) is 2.13. The molecule has 0 spiro atoms. The highest BCUT2D eigenvalue weighted by Gasteiger charge is 2.01. The summed E-state index contributed by atoms with van der Waals surface area (Å²) in [6.45, 7) is 5.12. The fraction of sp³-hybridized carbons (Fsp3) is 1.00. The van der Waals surface area contributed by atoms with Crippen molar-refractivity contribution >= 4 is 0 Å². The zero-order valence-electron chi connectivity index (χ0n) is 9.62. The van der Waals surface area contributed by atoms with Gasteiger partial charge >= 0.3 is 0 Å². The van der Waals surface area contributed by atoms with E-state index in [4.69, 9.17) is 19.2 Å². The van der Waals surface area contributed by atoms with Crippen molar-refractivity contribution in [3.05, 3.63) is 0 Å². The Bertz CT molecular complexity index is 105. The van der Waals surface area contributed by atoms with Gasteiger partial charge in [-0.15, -0.1) is 0 Å². The molecule has 0 radical (unpaired) electrons. The highest BCUT2D eigenvalue weighted by atomic mass is 17.2. The van der Waals surface area contributed by atoms with Gasteiger partial charge in [0.15, 0.2) is 0 Å². The van der Waals surface area contributed by atoms with Crippen molar-refractivity contribution in [1.82, 2.24) is 0 Å². The monoisotopic (exact) mass is 206 g/mol. The van der Waals surface area contributed by atoms with Gasteiger partial charge in [-0.3, -0.25) is 0 Å². The molecular formula is C10H22O4. The van der Waals surface area contributed by atoms with Crippen LogP contribution >= 0.6 is 0 Å². The smallest absolute Gasteiger partial charge is 0.0846 e. The Morgan fingerprint density at radius 2 is 1.14 bits per heavy atom. The topological polar surface area (TPSA) is 36.9 Å². The van der Waals surface area contributed by atoms with E-state index in [1.165, 1.54) is 0 Å². The molecule has 0 aromatic heterocycles. The Morgan fingerprint density at radius 1 is 0.786 bits per heavy atom. The standard InChI is InChI=1S/C10H22O4/c1-9(11-3)5-7-13-14-8-6-10(2)12-4/h9-10H,5-8H2,1-4H3. The van der Waals surface area contributed by atoms with E-state index in [9.17, 15) is 0 Å². The van der Waals surface area contributed by atoms with Crippen LogP contribution in [-0.4, -0.2) is 39.6 Å². The average molecular weight is 206 g/mol. The van der Waals surface area contributed by atoms with Gasteiger partial charge in [-0.2, -0.15) is 0 Å². The minimum absolute atomic E-state index is 0.219. The van der Waals surface area contributed by atoms with Crippen molar-refractivity contribution in [2.24, 2.45) is 0 Å². The molecule has 0 rings (SSSR count). The second kappa shape index (κ2) is 9.40. The molecule has 14 heavy (non-hydrogen) atoms. The molecule has 0 aliphatic carbocycles. The maximum atomic E-state index is 5.06. The van der Waals surface area contributed by atoms with E-state index in [2.05, 4.69) is 0 Å². The molecule has 0 aromatic carbocycles. The van der Waals surface area contributed by atoms with Gasteiger partial charge < -0.3 is 9.47 Å². The maximum Gasteiger partial charge on any atom is 0.0846 e. The predicted octanol–water partition coefficient (Wildman–Crippen LogP) is 1.78. The van der Waals surface area contributed by atoms with Crippen LogP contribution in [0.3, 0.4) is 0 Å². The Labute approximate surface area is 86.4 Å². The van der Waals surface area contributed by atoms with Crippen LogP contribution in [0.1, 0.15) is 26.7 Å². The Balaban J connectivity index is 3.06. The van der Waals surface area contributed by atoms with Gasteiger partial charge in [-0.05, 0) is 26.7 Å². The fourth-order valence-electron chi connectivity index (χ4n) is 0.782. The quantitative estimate of drug-likeness (QED) is 0.327. The van der Waals surface area contributed by atoms with Crippen molar-refractivity contribution in [3.8, 4) is 0 Å². The first-order valence-electron chi connectivity index (χ1n) is 5.00.